The first kappa shape index (κ1) is 7.38. The van der Waals surface area contributed by atoms with Crippen molar-refractivity contribution in [2.75, 3.05) is 13.1 Å². The van der Waals surface area contributed by atoms with E-state index in [1.54, 1.807) is 0 Å². The lowest BCUT2D eigenvalue weighted by Crippen LogP contribution is -2.36. The third-order valence-electron chi connectivity index (χ3n) is 1.95. The van der Waals surface area contributed by atoms with Crippen molar-refractivity contribution in [3.05, 3.63) is 0 Å². The molecular formula is C7H15N3. The maximum atomic E-state index is 7.19. The average Bonchev–Trinajstić information content (AvgIpc) is 2.12. The van der Waals surface area contributed by atoms with E-state index in [1.165, 1.54) is 25.7 Å². The highest BCUT2D eigenvalue weighted by Crippen LogP contribution is 2.08. The lowest BCUT2D eigenvalue weighted by Gasteiger charge is -2.19. The van der Waals surface area contributed by atoms with E-state index in [4.69, 9.17) is 11.1 Å². The summed E-state index contributed by atoms with van der Waals surface area (Å²) in [6.45, 7) is 1.96. The van der Waals surface area contributed by atoms with Gasteiger partial charge in [0.1, 0.15) is 0 Å². The fourth-order valence-electron chi connectivity index (χ4n) is 1.31. The largest absolute Gasteiger partial charge is 0.370 e. The molecule has 1 rings (SSSR count). The first-order chi connectivity index (χ1) is 4.80. The Bertz CT molecular complexity index is 114. The van der Waals surface area contributed by atoms with Gasteiger partial charge in [-0.25, -0.2) is 0 Å². The Hall–Kier alpha value is -0.730. The topological polar surface area (TPSA) is 53.1 Å². The van der Waals surface area contributed by atoms with Crippen LogP contribution in [0.5, 0.6) is 0 Å². The van der Waals surface area contributed by atoms with Crippen LogP contribution >= 0.6 is 0 Å². The predicted octanol–water partition coefficient (Wildman–Crippen LogP) is 0.756. The average molecular weight is 141 g/mol. The molecule has 0 amide bonds. The summed E-state index contributed by atoms with van der Waals surface area (Å²) in [5.74, 6) is 0.238. The molecule has 0 saturated carbocycles. The van der Waals surface area contributed by atoms with Gasteiger partial charge in [-0.3, -0.25) is 5.41 Å². The molecule has 0 spiro atoms. The second-order valence-corrected chi connectivity index (χ2v) is 2.79. The minimum atomic E-state index is 0.238. The summed E-state index contributed by atoms with van der Waals surface area (Å²) in [4.78, 5) is 1.95. The van der Waals surface area contributed by atoms with Gasteiger partial charge in [0.05, 0.1) is 0 Å². The standard InChI is InChI=1S/C7H15N3/c8-7(9)10-5-3-1-2-4-6-10/h1-6H2,(H3,8,9). The number of nitrogens with zero attached hydrogens (tertiary/aromatic N) is 1. The van der Waals surface area contributed by atoms with Gasteiger partial charge >= 0.3 is 0 Å². The number of hydrogen-bond donors (Lipinski definition) is 2. The van der Waals surface area contributed by atoms with Gasteiger partial charge in [-0.15, -0.1) is 0 Å². The molecule has 0 aliphatic carbocycles. The molecule has 1 aliphatic heterocycles. The first-order valence-corrected chi connectivity index (χ1v) is 3.89. The zero-order chi connectivity index (χ0) is 7.40. The maximum absolute atomic E-state index is 7.19. The van der Waals surface area contributed by atoms with Gasteiger partial charge in [-0.2, -0.15) is 0 Å². The summed E-state index contributed by atoms with van der Waals surface area (Å²) in [6, 6.07) is 0. The Kier molecular flexibility index (Phi) is 2.54. The SMILES string of the molecule is N=C(N)N1CCCCCC1. The van der Waals surface area contributed by atoms with Crippen molar-refractivity contribution in [1.29, 1.82) is 5.41 Å². The molecule has 0 unspecified atom stereocenters. The van der Waals surface area contributed by atoms with E-state index in [-0.39, 0.29) is 5.96 Å². The van der Waals surface area contributed by atoms with Crippen LogP contribution < -0.4 is 5.73 Å². The van der Waals surface area contributed by atoms with E-state index in [1.807, 2.05) is 4.90 Å². The van der Waals surface area contributed by atoms with E-state index in [0.29, 0.717) is 0 Å². The summed E-state index contributed by atoms with van der Waals surface area (Å²) in [6.07, 6.45) is 4.98. The molecule has 58 valence electrons. The van der Waals surface area contributed by atoms with Crippen LogP contribution in [-0.4, -0.2) is 23.9 Å². The zero-order valence-electron chi connectivity index (χ0n) is 6.27. The zero-order valence-corrected chi connectivity index (χ0v) is 6.27. The quantitative estimate of drug-likeness (QED) is 0.386. The second-order valence-electron chi connectivity index (χ2n) is 2.79. The maximum Gasteiger partial charge on any atom is 0.188 e. The smallest absolute Gasteiger partial charge is 0.188 e. The summed E-state index contributed by atoms with van der Waals surface area (Å²) in [5, 5.41) is 7.19. The van der Waals surface area contributed by atoms with Crippen molar-refractivity contribution >= 4 is 5.96 Å². The Labute approximate surface area is 61.7 Å². The van der Waals surface area contributed by atoms with Crippen molar-refractivity contribution in [3.63, 3.8) is 0 Å². The molecule has 0 radical (unpaired) electrons. The molecule has 0 bridgehead atoms. The molecule has 0 aromatic carbocycles. The van der Waals surface area contributed by atoms with Crippen LogP contribution in [0.3, 0.4) is 0 Å². The molecule has 1 saturated heterocycles. The van der Waals surface area contributed by atoms with E-state index >= 15 is 0 Å². The van der Waals surface area contributed by atoms with Crippen LogP contribution in [0.1, 0.15) is 25.7 Å². The third-order valence-corrected chi connectivity index (χ3v) is 1.95. The van der Waals surface area contributed by atoms with Gasteiger partial charge in [-0.05, 0) is 12.8 Å². The van der Waals surface area contributed by atoms with Gasteiger partial charge in [-0.1, -0.05) is 12.8 Å². The highest BCUT2D eigenvalue weighted by atomic mass is 15.2. The van der Waals surface area contributed by atoms with E-state index in [0.717, 1.165) is 13.1 Å². The Balaban J connectivity index is 2.35. The second kappa shape index (κ2) is 3.44. The van der Waals surface area contributed by atoms with Crippen LogP contribution in [0.4, 0.5) is 0 Å². The molecule has 3 nitrogen and oxygen atoms in total. The van der Waals surface area contributed by atoms with Crippen LogP contribution in [0.15, 0.2) is 0 Å². The van der Waals surface area contributed by atoms with Gasteiger partial charge in [0.2, 0.25) is 0 Å². The van der Waals surface area contributed by atoms with Crippen LogP contribution in [0, 0.1) is 5.41 Å². The molecule has 3 heteroatoms. The van der Waals surface area contributed by atoms with Gasteiger partial charge in [0.25, 0.3) is 0 Å². The number of hydrogen-bond acceptors (Lipinski definition) is 1. The summed E-state index contributed by atoms with van der Waals surface area (Å²) in [5.41, 5.74) is 5.35. The number of rotatable bonds is 0. The first-order valence-electron chi connectivity index (χ1n) is 3.89. The highest BCUT2D eigenvalue weighted by molar-refractivity contribution is 5.74. The van der Waals surface area contributed by atoms with Crippen molar-refractivity contribution in [2.24, 2.45) is 5.73 Å². The summed E-state index contributed by atoms with van der Waals surface area (Å²) < 4.78 is 0. The van der Waals surface area contributed by atoms with E-state index in [9.17, 15) is 0 Å². The number of nitrogens with one attached hydrogen (secondary N) is 1. The molecule has 1 fully saturated rings. The number of guanidine groups is 1. The van der Waals surface area contributed by atoms with Crippen LogP contribution in [0.2, 0.25) is 0 Å². The molecule has 1 aliphatic rings. The molecule has 0 atom stereocenters. The van der Waals surface area contributed by atoms with Gasteiger partial charge in [0, 0.05) is 13.1 Å². The van der Waals surface area contributed by atoms with Crippen LogP contribution in [0.25, 0.3) is 0 Å². The Morgan fingerprint density at radius 3 is 2.00 bits per heavy atom. The molecular weight excluding hydrogens is 126 g/mol. The van der Waals surface area contributed by atoms with Crippen LogP contribution in [-0.2, 0) is 0 Å². The Morgan fingerprint density at radius 2 is 1.60 bits per heavy atom. The molecule has 0 aromatic heterocycles. The van der Waals surface area contributed by atoms with Crippen molar-refractivity contribution in [1.82, 2.24) is 4.90 Å². The molecule has 1 heterocycles. The van der Waals surface area contributed by atoms with Crippen molar-refractivity contribution in [2.45, 2.75) is 25.7 Å². The monoisotopic (exact) mass is 141 g/mol. The molecule has 10 heavy (non-hydrogen) atoms. The fraction of sp³-hybridized carbons (Fsp3) is 0.857. The molecule has 3 N–H and O–H groups in total. The van der Waals surface area contributed by atoms with Gasteiger partial charge < -0.3 is 10.6 Å². The summed E-state index contributed by atoms with van der Waals surface area (Å²) in [7, 11) is 0. The predicted molar refractivity (Wildman–Crippen MR) is 42.0 cm³/mol. The normalized spacial score (nSPS) is 20.2. The summed E-state index contributed by atoms with van der Waals surface area (Å²) >= 11 is 0. The highest BCUT2D eigenvalue weighted by Gasteiger charge is 2.08. The number of likely N-dealkylation sites (tertiary alicyclic amines) is 1. The lowest BCUT2D eigenvalue weighted by molar-refractivity contribution is 0.427. The lowest BCUT2D eigenvalue weighted by atomic mass is 10.2. The molecule has 0 aromatic rings. The minimum Gasteiger partial charge on any atom is -0.370 e. The van der Waals surface area contributed by atoms with E-state index < -0.39 is 0 Å². The third kappa shape index (κ3) is 1.90. The fourth-order valence-corrected chi connectivity index (χ4v) is 1.31. The minimum absolute atomic E-state index is 0.238. The number of nitrogens with two attached hydrogens (primary N) is 1. The van der Waals surface area contributed by atoms with Gasteiger partial charge in [0.15, 0.2) is 5.96 Å². The van der Waals surface area contributed by atoms with Crippen molar-refractivity contribution in [3.8, 4) is 0 Å². The van der Waals surface area contributed by atoms with E-state index in [2.05, 4.69) is 0 Å². The van der Waals surface area contributed by atoms with Crippen molar-refractivity contribution < 1.29 is 0 Å². The Morgan fingerprint density at radius 1 is 1.10 bits per heavy atom.